The van der Waals surface area contributed by atoms with E-state index in [2.05, 4.69) is 10.2 Å². The molecule has 0 aliphatic heterocycles. The molecule has 0 saturated carbocycles. The maximum Gasteiger partial charge on any atom is 2.00 e. The van der Waals surface area contributed by atoms with Crippen molar-refractivity contribution in [1.29, 1.82) is 0 Å². The number of fused-ring (bicyclic) bond motifs is 1. The second kappa shape index (κ2) is 8.66. The Bertz CT molecular complexity index is 1260. The number of hydrogen-bond acceptors (Lipinski definition) is 8. The van der Waals surface area contributed by atoms with Crippen molar-refractivity contribution in [1.82, 2.24) is 0 Å². The van der Waals surface area contributed by atoms with Gasteiger partial charge in [-0.3, -0.25) is 0 Å². The van der Waals surface area contributed by atoms with Crippen molar-refractivity contribution in [3.63, 3.8) is 0 Å². The van der Waals surface area contributed by atoms with Gasteiger partial charge in [-0.2, -0.15) is 0 Å². The minimum Gasteiger partial charge on any atom is -0.744 e. The number of carboxylic acid groups (broad SMARTS) is 1. The molecule has 149 valence electrons. The zero-order valence-corrected chi connectivity index (χ0v) is 17.5. The monoisotopic (exact) mass is 493 g/mol. The molecule has 3 rings (SSSR count). The second-order valence-electron chi connectivity index (χ2n) is 5.52. The van der Waals surface area contributed by atoms with Crippen LogP contribution in [0.1, 0.15) is 10.4 Å². The van der Waals surface area contributed by atoms with Gasteiger partial charge < -0.3 is 19.6 Å². The number of hydrogen-bond donors (Lipinski definition) is 1. The number of phenols is 1. The van der Waals surface area contributed by atoms with Crippen LogP contribution in [0.3, 0.4) is 0 Å². The van der Waals surface area contributed by atoms with Crippen molar-refractivity contribution < 1.29 is 45.0 Å². The average Bonchev–Trinajstić information content (AvgIpc) is 2.62. The largest absolute Gasteiger partial charge is 2.00 e. The van der Waals surface area contributed by atoms with E-state index in [1.165, 1.54) is 6.07 Å². The molecule has 12 heteroatoms. The van der Waals surface area contributed by atoms with Crippen molar-refractivity contribution in [2.24, 2.45) is 10.2 Å². The summed E-state index contributed by atoms with van der Waals surface area (Å²) >= 11 is 11.8. The van der Waals surface area contributed by atoms with Gasteiger partial charge >= 0.3 is 17.1 Å². The van der Waals surface area contributed by atoms with E-state index < -0.39 is 32.3 Å². The number of aromatic carboxylic acids is 1. The third-order valence-electron chi connectivity index (χ3n) is 3.74. The molecule has 3 aromatic carbocycles. The summed E-state index contributed by atoms with van der Waals surface area (Å²) < 4.78 is 33.7. The molecular weight excluding hydrogens is 486 g/mol. The first kappa shape index (κ1) is 23.1. The Morgan fingerprint density at radius 3 is 2.34 bits per heavy atom. The zero-order chi connectivity index (χ0) is 20.6. The van der Waals surface area contributed by atoms with Crippen molar-refractivity contribution in [2.75, 3.05) is 0 Å². The van der Waals surface area contributed by atoms with E-state index in [0.717, 1.165) is 12.1 Å². The molecule has 1 N–H and O–H groups in total. The number of benzene rings is 3. The van der Waals surface area contributed by atoms with E-state index in [4.69, 9.17) is 23.2 Å². The van der Waals surface area contributed by atoms with Gasteiger partial charge in [0.25, 0.3) is 0 Å². The second-order valence-corrected chi connectivity index (χ2v) is 7.69. The Kier molecular flexibility index (Phi) is 6.89. The molecule has 1 radical (unpaired) electrons. The molecule has 0 fully saturated rings. The van der Waals surface area contributed by atoms with Crippen LogP contribution in [-0.2, 0) is 27.2 Å². The predicted molar refractivity (Wildman–Crippen MR) is 98.5 cm³/mol. The van der Waals surface area contributed by atoms with E-state index >= 15 is 0 Å². The van der Waals surface area contributed by atoms with Gasteiger partial charge in [0, 0.05) is 10.9 Å². The Hall–Kier alpha value is -2.20. The number of nitrogens with zero attached hydrogens (tertiary/aromatic N) is 2. The van der Waals surface area contributed by atoms with Crippen LogP contribution in [0, 0.1) is 0 Å². The van der Waals surface area contributed by atoms with Crippen LogP contribution >= 0.6 is 23.2 Å². The topological polar surface area (TPSA) is 142 Å². The summed E-state index contributed by atoms with van der Waals surface area (Å²) in [5, 5.41) is 29.5. The quantitative estimate of drug-likeness (QED) is 0.334. The molecule has 3 aromatic rings. The summed E-state index contributed by atoms with van der Waals surface area (Å²) in [6.07, 6.45) is 0. The number of rotatable bonds is 4. The smallest absolute Gasteiger partial charge is 0.744 e. The molecule has 0 aliphatic carbocycles. The van der Waals surface area contributed by atoms with Crippen molar-refractivity contribution in [3.8, 4) is 5.75 Å². The number of carbonyl (C=O) groups is 1. The normalized spacial score (nSPS) is 11.6. The van der Waals surface area contributed by atoms with Gasteiger partial charge in [0.15, 0.2) is 5.75 Å². The third kappa shape index (κ3) is 4.69. The summed E-state index contributed by atoms with van der Waals surface area (Å²) in [4.78, 5) is 10.6. The summed E-state index contributed by atoms with van der Waals surface area (Å²) in [7, 11) is -4.84. The molecule has 0 atom stereocenters. The zero-order valence-electron chi connectivity index (χ0n) is 14.0. The number of carboxylic acids is 1. The minimum atomic E-state index is -4.84. The molecule has 0 unspecified atom stereocenters. The fraction of sp³-hybridized carbons (Fsp3) is 0. The fourth-order valence-corrected chi connectivity index (χ4v) is 3.39. The van der Waals surface area contributed by atoms with Gasteiger partial charge in [-0.15, -0.1) is 10.2 Å². The summed E-state index contributed by atoms with van der Waals surface area (Å²) in [6, 6.07) is 9.39. The Balaban J connectivity index is 0.00000300. The summed E-state index contributed by atoms with van der Waals surface area (Å²) in [6.45, 7) is 0. The SMILES string of the molecule is O=C([O-])c1cc2ccccc2c(N=Nc2cc(S(=O)(=O)[O-])cc(Cl)c2Cl)c1O.[Mn+2]. The van der Waals surface area contributed by atoms with Gasteiger partial charge in [-0.05, 0) is 23.6 Å². The Labute approximate surface area is 185 Å². The van der Waals surface area contributed by atoms with Crippen LogP contribution in [0.15, 0.2) is 57.6 Å². The van der Waals surface area contributed by atoms with Crippen LogP contribution in [0.2, 0.25) is 10.0 Å². The van der Waals surface area contributed by atoms with Gasteiger partial charge in [-0.1, -0.05) is 47.5 Å². The van der Waals surface area contributed by atoms with E-state index in [1.54, 1.807) is 24.3 Å². The molecule has 0 aliphatic rings. The fourth-order valence-electron chi connectivity index (χ4n) is 2.45. The predicted octanol–water partition coefficient (Wildman–Crippen LogP) is 3.53. The summed E-state index contributed by atoms with van der Waals surface area (Å²) in [5.41, 5.74) is -0.974. The third-order valence-corrected chi connectivity index (χ3v) is 5.35. The van der Waals surface area contributed by atoms with Crippen molar-refractivity contribution in [3.05, 3.63) is 58.1 Å². The first-order valence-electron chi connectivity index (χ1n) is 7.42. The molecule has 0 bridgehead atoms. The van der Waals surface area contributed by atoms with Gasteiger partial charge in [0.1, 0.15) is 21.5 Å². The van der Waals surface area contributed by atoms with Gasteiger partial charge in [-0.25, -0.2) is 8.42 Å². The van der Waals surface area contributed by atoms with Gasteiger partial charge in [0.2, 0.25) is 0 Å². The standard InChI is InChI=1S/C17H10Cl2N2O6S.Mn/c18-12-6-9(28(25,26)27)7-13(14(12)19)20-21-15-10-4-2-1-3-8(10)5-11(16(15)22)17(23)24;/h1-7,22H,(H,23,24)(H,25,26,27);/q;+2/p-2. The van der Waals surface area contributed by atoms with Crippen molar-refractivity contribution in [2.45, 2.75) is 4.90 Å². The number of aromatic hydroxyl groups is 1. The molecule has 0 amide bonds. The number of halogens is 2. The van der Waals surface area contributed by atoms with Crippen molar-refractivity contribution >= 4 is 61.4 Å². The maximum atomic E-state index is 11.3. The molecule has 0 spiro atoms. The number of carbonyl (C=O) groups excluding carboxylic acids is 1. The van der Waals surface area contributed by atoms with Crippen LogP contribution in [0.25, 0.3) is 10.8 Å². The molecular formula is C17H8Cl2MnN2O6S. The van der Waals surface area contributed by atoms with Crippen LogP contribution < -0.4 is 5.11 Å². The molecule has 8 nitrogen and oxygen atoms in total. The summed E-state index contributed by atoms with van der Waals surface area (Å²) in [5.74, 6) is -2.32. The van der Waals surface area contributed by atoms with Gasteiger partial charge in [0.05, 0.1) is 20.9 Å². The van der Waals surface area contributed by atoms with E-state index in [-0.39, 0.29) is 38.5 Å². The average molecular weight is 494 g/mol. The van der Waals surface area contributed by atoms with E-state index in [9.17, 15) is 28.0 Å². The first-order chi connectivity index (χ1) is 13.1. The Morgan fingerprint density at radius 2 is 1.72 bits per heavy atom. The minimum absolute atomic E-state index is 0. The van der Waals surface area contributed by atoms with E-state index in [0.29, 0.717) is 10.8 Å². The molecule has 29 heavy (non-hydrogen) atoms. The van der Waals surface area contributed by atoms with Crippen LogP contribution in [0.4, 0.5) is 11.4 Å². The van der Waals surface area contributed by atoms with E-state index in [1.807, 2.05) is 0 Å². The Morgan fingerprint density at radius 1 is 1.07 bits per heavy atom. The molecule has 0 saturated heterocycles. The maximum absolute atomic E-state index is 11.3. The molecule has 0 aromatic heterocycles. The molecule has 0 heterocycles. The first-order valence-corrected chi connectivity index (χ1v) is 9.58. The van der Waals surface area contributed by atoms with Crippen LogP contribution in [-0.4, -0.2) is 24.0 Å². The van der Waals surface area contributed by atoms with Crippen LogP contribution in [0.5, 0.6) is 5.75 Å². The number of azo groups is 1.